The largest absolute Gasteiger partial charge is 0.481 e. The summed E-state index contributed by atoms with van der Waals surface area (Å²) in [4.78, 5) is 36.5. The molecule has 2 amide bonds. The van der Waals surface area contributed by atoms with Crippen LogP contribution in [0.5, 0.6) is 0 Å². The Balaban J connectivity index is 2.84. The van der Waals surface area contributed by atoms with Crippen molar-refractivity contribution in [2.45, 2.75) is 60.0 Å². The highest BCUT2D eigenvalue weighted by Crippen LogP contribution is 2.22. The van der Waals surface area contributed by atoms with Gasteiger partial charge >= 0.3 is 5.97 Å². The molecule has 1 aromatic rings. The molecule has 0 bridgehead atoms. The Morgan fingerprint density at radius 1 is 1.04 bits per heavy atom. The molecule has 0 heterocycles. The lowest BCUT2D eigenvalue weighted by Crippen LogP contribution is -2.54. The van der Waals surface area contributed by atoms with Gasteiger partial charge in [0, 0.05) is 12.5 Å². The molecule has 0 saturated heterocycles. The van der Waals surface area contributed by atoms with Crippen molar-refractivity contribution in [2.24, 2.45) is 17.3 Å². The average molecular weight is 376 g/mol. The summed E-state index contributed by atoms with van der Waals surface area (Å²) in [5.41, 5.74) is 0.454. The standard InChI is InChI=1S/C21H32N2O4/c1-14(2)11-16(12-17(24)25)19(26)23-18(21(3,4)5)20(27)22-13-15-9-7-6-8-10-15/h6-10,14,16,18H,11-13H2,1-5H3,(H,22,27)(H,23,26)(H,24,25)/t16-,18?/m1/s1. The first kappa shape index (κ1) is 22.7. The van der Waals surface area contributed by atoms with E-state index < -0.39 is 23.3 Å². The Hall–Kier alpha value is -2.37. The SMILES string of the molecule is CC(C)C[C@H](CC(=O)O)C(=O)NC(C(=O)NCc1ccccc1)C(C)(C)C. The third kappa shape index (κ3) is 8.24. The normalized spacial score (nSPS) is 13.7. The minimum absolute atomic E-state index is 0.181. The molecule has 0 aliphatic carbocycles. The molecular weight excluding hydrogens is 344 g/mol. The van der Waals surface area contributed by atoms with Gasteiger partial charge in [-0.2, -0.15) is 0 Å². The molecule has 1 rings (SSSR count). The van der Waals surface area contributed by atoms with Gasteiger partial charge in [0.25, 0.3) is 0 Å². The van der Waals surface area contributed by atoms with Crippen LogP contribution in [0.3, 0.4) is 0 Å². The molecule has 3 N–H and O–H groups in total. The van der Waals surface area contributed by atoms with Gasteiger partial charge in [-0.05, 0) is 23.3 Å². The molecule has 0 aromatic heterocycles. The first-order chi connectivity index (χ1) is 12.5. The summed E-state index contributed by atoms with van der Waals surface area (Å²) in [6.07, 6.45) is 0.215. The summed E-state index contributed by atoms with van der Waals surface area (Å²) in [7, 11) is 0. The van der Waals surface area contributed by atoms with Crippen LogP contribution in [0.2, 0.25) is 0 Å². The van der Waals surface area contributed by atoms with Crippen LogP contribution < -0.4 is 10.6 Å². The van der Waals surface area contributed by atoms with Crippen LogP contribution >= 0.6 is 0 Å². The van der Waals surface area contributed by atoms with Crippen LogP contribution in [0.1, 0.15) is 53.0 Å². The van der Waals surface area contributed by atoms with Gasteiger partial charge in [0.15, 0.2) is 0 Å². The second-order valence-electron chi connectivity index (χ2n) is 8.44. The Kier molecular flexibility index (Phi) is 8.47. The zero-order valence-electron chi connectivity index (χ0n) is 16.9. The summed E-state index contributed by atoms with van der Waals surface area (Å²) in [6, 6.07) is 8.77. The van der Waals surface area contributed by atoms with Gasteiger partial charge in [0.1, 0.15) is 6.04 Å². The number of carboxylic acid groups (broad SMARTS) is 1. The van der Waals surface area contributed by atoms with Gasteiger partial charge < -0.3 is 15.7 Å². The van der Waals surface area contributed by atoms with E-state index in [0.717, 1.165) is 5.56 Å². The van der Waals surface area contributed by atoms with E-state index in [-0.39, 0.29) is 24.2 Å². The number of amides is 2. The Labute approximate surface area is 161 Å². The molecule has 0 radical (unpaired) electrons. The van der Waals surface area contributed by atoms with Gasteiger partial charge in [-0.25, -0.2) is 0 Å². The number of carbonyl (C=O) groups is 3. The van der Waals surface area contributed by atoms with Gasteiger partial charge in [-0.1, -0.05) is 65.0 Å². The quantitative estimate of drug-likeness (QED) is 0.617. The Morgan fingerprint density at radius 2 is 1.63 bits per heavy atom. The number of carboxylic acids is 1. The third-order valence-electron chi connectivity index (χ3n) is 4.27. The Morgan fingerprint density at radius 3 is 2.11 bits per heavy atom. The van der Waals surface area contributed by atoms with Crippen LogP contribution in [-0.2, 0) is 20.9 Å². The third-order valence-corrected chi connectivity index (χ3v) is 4.27. The van der Waals surface area contributed by atoms with Gasteiger partial charge in [0.2, 0.25) is 11.8 Å². The number of hydrogen-bond donors (Lipinski definition) is 3. The summed E-state index contributed by atoms with van der Waals surface area (Å²) >= 11 is 0. The predicted molar refractivity (Wildman–Crippen MR) is 105 cm³/mol. The highest BCUT2D eigenvalue weighted by atomic mass is 16.4. The van der Waals surface area contributed by atoms with Crippen molar-refractivity contribution >= 4 is 17.8 Å². The highest BCUT2D eigenvalue weighted by molar-refractivity contribution is 5.90. The van der Waals surface area contributed by atoms with Crippen molar-refractivity contribution in [1.29, 1.82) is 0 Å². The summed E-state index contributed by atoms with van der Waals surface area (Å²) in [5.74, 6) is -2.16. The lowest BCUT2D eigenvalue weighted by molar-refractivity contribution is -0.142. The van der Waals surface area contributed by atoms with E-state index in [4.69, 9.17) is 5.11 Å². The molecule has 2 atom stereocenters. The van der Waals surface area contributed by atoms with E-state index in [9.17, 15) is 14.4 Å². The van der Waals surface area contributed by atoms with Crippen LogP contribution in [-0.4, -0.2) is 28.9 Å². The maximum atomic E-state index is 12.7. The van der Waals surface area contributed by atoms with Crippen LogP contribution in [0.25, 0.3) is 0 Å². The molecule has 0 spiro atoms. The van der Waals surface area contributed by atoms with Crippen molar-refractivity contribution in [2.75, 3.05) is 0 Å². The van der Waals surface area contributed by atoms with Gasteiger partial charge in [-0.15, -0.1) is 0 Å². The highest BCUT2D eigenvalue weighted by Gasteiger charge is 2.35. The number of carbonyl (C=O) groups excluding carboxylic acids is 2. The van der Waals surface area contributed by atoms with Gasteiger partial charge in [-0.3, -0.25) is 14.4 Å². The molecule has 0 saturated carbocycles. The second-order valence-corrected chi connectivity index (χ2v) is 8.44. The van der Waals surface area contributed by atoms with Gasteiger partial charge in [0.05, 0.1) is 6.42 Å². The molecule has 0 aliphatic heterocycles. The van der Waals surface area contributed by atoms with E-state index >= 15 is 0 Å². The summed E-state index contributed by atoms with van der Waals surface area (Å²) in [6.45, 7) is 9.86. The molecule has 150 valence electrons. The molecule has 6 nitrogen and oxygen atoms in total. The molecule has 6 heteroatoms. The fourth-order valence-electron chi connectivity index (χ4n) is 2.89. The van der Waals surface area contributed by atoms with Crippen molar-refractivity contribution in [3.05, 3.63) is 35.9 Å². The van der Waals surface area contributed by atoms with Crippen LogP contribution in [0.15, 0.2) is 30.3 Å². The monoisotopic (exact) mass is 376 g/mol. The minimum Gasteiger partial charge on any atom is -0.481 e. The molecular formula is C21H32N2O4. The zero-order chi connectivity index (χ0) is 20.6. The fourth-order valence-corrected chi connectivity index (χ4v) is 2.89. The summed E-state index contributed by atoms with van der Waals surface area (Å²) < 4.78 is 0. The van der Waals surface area contributed by atoms with Crippen LogP contribution in [0.4, 0.5) is 0 Å². The maximum absolute atomic E-state index is 12.7. The molecule has 0 fully saturated rings. The van der Waals surface area contributed by atoms with Crippen molar-refractivity contribution in [1.82, 2.24) is 10.6 Å². The van der Waals surface area contributed by atoms with E-state index in [1.807, 2.05) is 65.0 Å². The fraction of sp³-hybridized carbons (Fsp3) is 0.571. The lowest BCUT2D eigenvalue weighted by Gasteiger charge is -2.32. The number of hydrogen-bond acceptors (Lipinski definition) is 3. The zero-order valence-corrected chi connectivity index (χ0v) is 16.9. The second kappa shape index (κ2) is 10.1. The van der Waals surface area contributed by atoms with E-state index in [1.54, 1.807) is 0 Å². The van der Waals surface area contributed by atoms with E-state index in [0.29, 0.717) is 13.0 Å². The van der Waals surface area contributed by atoms with Crippen LogP contribution in [0, 0.1) is 17.3 Å². The first-order valence-corrected chi connectivity index (χ1v) is 9.34. The number of aliphatic carboxylic acids is 1. The predicted octanol–water partition coefficient (Wildman–Crippen LogP) is 2.97. The lowest BCUT2D eigenvalue weighted by atomic mass is 9.85. The topological polar surface area (TPSA) is 95.5 Å². The minimum atomic E-state index is -1.02. The molecule has 0 aliphatic rings. The smallest absolute Gasteiger partial charge is 0.304 e. The number of nitrogens with one attached hydrogen (secondary N) is 2. The summed E-state index contributed by atoms with van der Waals surface area (Å²) in [5, 5.41) is 14.8. The first-order valence-electron chi connectivity index (χ1n) is 9.34. The number of benzene rings is 1. The number of rotatable bonds is 9. The molecule has 27 heavy (non-hydrogen) atoms. The Bertz CT molecular complexity index is 635. The maximum Gasteiger partial charge on any atom is 0.304 e. The van der Waals surface area contributed by atoms with Crippen molar-refractivity contribution < 1.29 is 19.5 Å². The van der Waals surface area contributed by atoms with Crippen molar-refractivity contribution in [3.63, 3.8) is 0 Å². The molecule has 1 aromatic carbocycles. The van der Waals surface area contributed by atoms with E-state index in [1.165, 1.54) is 0 Å². The molecule has 1 unspecified atom stereocenters. The van der Waals surface area contributed by atoms with Crippen molar-refractivity contribution in [3.8, 4) is 0 Å². The average Bonchev–Trinajstić information content (AvgIpc) is 2.55. The van der Waals surface area contributed by atoms with E-state index in [2.05, 4.69) is 10.6 Å².